The molecule has 2 heterocycles. The zero-order valence-electron chi connectivity index (χ0n) is 18.3. The van der Waals surface area contributed by atoms with Crippen molar-refractivity contribution in [3.8, 4) is 5.75 Å². The summed E-state index contributed by atoms with van der Waals surface area (Å²) in [6.45, 7) is 6.42. The molecule has 0 unspecified atom stereocenters. The highest BCUT2D eigenvalue weighted by Crippen LogP contribution is 2.31. The number of hydrogen-bond acceptors (Lipinski definition) is 4. The molecule has 0 radical (unpaired) electrons. The first-order valence-electron chi connectivity index (χ1n) is 10.8. The lowest BCUT2D eigenvalue weighted by Crippen LogP contribution is -2.40. The van der Waals surface area contributed by atoms with Gasteiger partial charge in [-0.1, -0.05) is 30.2 Å². The van der Waals surface area contributed by atoms with Gasteiger partial charge in [-0.2, -0.15) is 0 Å². The second-order valence-electron chi connectivity index (χ2n) is 8.25. The first kappa shape index (κ1) is 21.7. The first-order chi connectivity index (χ1) is 15.0. The Balaban J connectivity index is 1.55. The Kier molecular flexibility index (Phi) is 6.54. The lowest BCUT2D eigenvalue weighted by atomic mass is 10.0. The van der Waals surface area contributed by atoms with Crippen molar-refractivity contribution >= 4 is 28.5 Å². The second-order valence-corrected chi connectivity index (χ2v) is 8.66. The van der Waals surface area contributed by atoms with Gasteiger partial charge in [0, 0.05) is 22.5 Å². The summed E-state index contributed by atoms with van der Waals surface area (Å²) in [7, 11) is 1.67. The van der Waals surface area contributed by atoms with Gasteiger partial charge in [0.15, 0.2) is 5.76 Å². The monoisotopic (exact) mass is 440 g/mol. The third kappa shape index (κ3) is 4.58. The number of carbonyl (C=O) groups excluding carboxylic acids is 1. The van der Waals surface area contributed by atoms with Gasteiger partial charge in [-0.15, -0.1) is 0 Å². The zero-order chi connectivity index (χ0) is 22.0. The third-order valence-corrected chi connectivity index (χ3v) is 6.62. The van der Waals surface area contributed by atoms with Crippen LogP contribution in [0.1, 0.15) is 52.5 Å². The molecule has 5 nitrogen and oxygen atoms in total. The maximum Gasteiger partial charge on any atom is 0.287 e. The van der Waals surface area contributed by atoms with Crippen LogP contribution in [0.25, 0.3) is 11.0 Å². The van der Waals surface area contributed by atoms with E-state index in [1.165, 1.54) is 24.8 Å². The third-order valence-electron chi connectivity index (χ3n) is 6.21. The molecule has 0 spiro atoms. The van der Waals surface area contributed by atoms with Crippen LogP contribution in [-0.4, -0.2) is 37.6 Å². The highest BCUT2D eigenvalue weighted by Gasteiger charge is 2.25. The number of hydrogen-bond donors (Lipinski definition) is 1. The van der Waals surface area contributed by atoms with Gasteiger partial charge in [0.1, 0.15) is 11.3 Å². The normalized spacial score (nSPS) is 15.7. The summed E-state index contributed by atoms with van der Waals surface area (Å²) in [4.78, 5) is 15.5. The Labute approximate surface area is 188 Å². The van der Waals surface area contributed by atoms with Crippen molar-refractivity contribution in [3.05, 3.63) is 63.9 Å². The van der Waals surface area contributed by atoms with Crippen molar-refractivity contribution in [1.29, 1.82) is 0 Å². The summed E-state index contributed by atoms with van der Waals surface area (Å²) in [5.74, 6) is 0.985. The molecule has 1 aromatic heterocycles. The van der Waals surface area contributed by atoms with Gasteiger partial charge in [0.05, 0.1) is 13.2 Å². The number of methoxy groups -OCH3 is 1. The minimum atomic E-state index is -0.196. The molecule has 1 fully saturated rings. The number of nitrogens with one attached hydrogen (secondary N) is 1. The summed E-state index contributed by atoms with van der Waals surface area (Å²) >= 11 is 6.27. The van der Waals surface area contributed by atoms with E-state index in [0.29, 0.717) is 22.9 Å². The molecule has 1 saturated heterocycles. The molecular weight excluding hydrogens is 412 g/mol. The van der Waals surface area contributed by atoms with Crippen molar-refractivity contribution in [1.82, 2.24) is 10.2 Å². The summed E-state index contributed by atoms with van der Waals surface area (Å²) in [6, 6.07) is 12.0. The number of amides is 1. The molecule has 0 aliphatic carbocycles. The van der Waals surface area contributed by atoms with Crippen molar-refractivity contribution in [2.75, 3.05) is 26.7 Å². The van der Waals surface area contributed by atoms with Crippen molar-refractivity contribution < 1.29 is 13.9 Å². The molecule has 0 bridgehead atoms. The SMILES string of the molecule is COc1ccc([C@@H](CNC(=O)c2oc3cc(C)c(Cl)cc3c2C)N2CCCCC2)cc1. The zero-order valence-corrected chi connectivity index (χ0v) is 19.1. The predicted molar refractivity (Wildman–Crippen MR) is 124 cm³/mol. The minimum absolute atomic E-state index is 0.108. The van der Waals surface area contributed by atoms with E-state index in [9.17, 15) is 4.79 Å². The number of fused-ring (bicyclic) bond motifs is 1. The molecule has 1 amide bonds. The van der Waals surface area contributed by atoms with Crippen molar-refractivity contribution in [2.45, 2.75) is 39.2 Å². The standard InChI is InChI=1S/C25H29ClN2O3/c1-16-13-23-20(14-21(16)26)17(2)24(31-23)25(29)27-15-22(28-11-5-4-6-12-28)18-7-9-19(30-3)10-8-18/h7-10,13-14,22H,4-6,11-12,15H2,1-3H3,(H,27,29)/t22-/m1/s1. The number of ether oxygens (including phenoxy) is 1. The van der Waals surface area contributed by atoms with E-state index >= 15 is 0 Å². The number of benzene rings is 2. The summed E-state index contributed by atoms with van der Waals surface area (Å²) in [6.07, 6.45) is 3.63. The van der Waals surface area contributed by atoms with Crippen molar-refractivity contribution in [2.24, 2.45) is 0 Å². The van der Waals surface area contributed by atoms with Crippen LogP contribution in [-0.2, 0) is 0 Å². The molecule has 3 aromatic rings. The van der Waals surface area contributed by atoms with E-state index in [2.05, 4.69) is 22.3 Å². The van der Waals surface area contributed by atoms with Gasteiger partial charge in [-0.25, -0.2) is 0 Å². The quantitative estimate of drug-likeness (QED) is 0.536. The number of furan rings is 1. The Bertz CT molecular complexity index is 1070. The summed E-state index contributed by atoms with van der Waals surface area (Å²) in [5.41, 5.74) is 3.60. The number of carbonyl (C=O) groups is 1. The van der Waals surface area contributed by atoms with Gasteiger partial charge >= 0.3 is 0 Å². The largest absolute Gasteiger partial charge is 0.497 e. The molecule has 31 heavy (non-hydrogen) atoms. The topological polar surface area (TPSA) is 54.7 Å². The molecule has 1 aliphatic heterocycles. The number of halogens is 1. The van der Waals surface area contributed by atoms with Crippen LogP contribution in [0.3, 0.4) is 0 Å². The van der Waals surface area contributed by atoms with Crippen LogP contribution in [0.5, 0.6) is 5.75 Å². The van der Waals surface area contributed by atoms with E-state index in [-0.39, 0.29) is 11.9 Å². The molecule has 4 rings (SSSR count). The fourth-order valence-electron chi connectivity index (χ4n) is 4.34. The van der Waals surface area contributed by atoms with Crippen LogP contribution in [0.15, 0.2) is 40.8 Å². The van der Waals surface area contributed by atoms with Crippen LogP contribution >= 0.6 is 11.6 Å². The maximum atomic E-state index is 13.0. The average molecular weight is 441 g/mol. The fraction of sp³-hybridized carbons (Fsp3) is 0.400. The van der Waals surface area contributed by atoms with E-state index in [1.54, 1.807) is 7.11 Å². The Morgan fingerprint density at radius 3 is 2.55 bits per heavy atom. The van der Waals surface area contributed by atoms with Crippen LogP contribution in [0, 0.1) is 13.8 Å². The number of nitrogens with zero attached hydrogens (tertiary/aromatic N) is 1. The number of likely N-dealkylation sites (tertiary alicyclic amines) is 1. The second kappa shape index (κ2) is 9.33. The Morgan fingerprint density at radius 2 is 1.87 bits per heavy atom. The minimum Gasteiger partial charge on any atom is -0.497 e. The maximum absolute atomic E-state index is 13.0. The molecule has 164 valence electrons. The predicted octanol–water partition coefficient (Wildman–Crippen LogP) is 5.67. The Hall–Kier alpha value is -2.50. The van der Waals surface area contributed by atoms with Crippen LogP contribution in [0.2, 0.25) is 5.02 Å². The molecule has 1 N–H and O–H groups in total. The number of aryl methyl sites for hydroxylation is 2. The molecule has 2 aromatic carbocycles. The van der Waals surface area contributed by atoms with Crippen molar-refractivity contribution in [3.63, 3.8) is 0 Å². The van der Waals surface area contributed by atoms with E-state index in [4.69, 9.17) is 20.8 Å². The summed E-state index contributed by atoms with van der Waals surface area (Å²) < 4.78 is 11.2. The van der Waals surface area contributed by atoms with Crippen LogP contribution in [0.4, 0.5) is 0 Å². The molecule has 1 atom stereocenters. The molecular formula is C25H29ClN2O3. The van der Waals surface area contributed by atoms with E-state index < -0.39 is 0 Å². The highest BCUT2D eigenvalue weighted by atomic mass is 35.5. The van der Waals surface area contributed by atoms with Gasteiger partial charge in [0.2, 0.25) is 0 Å². The van der Waals surface area contributed by atoms with Gasteiger partial charge < -0.3 is 14.5 Å². The van der Waals surface area contributed by atoms with Crippen LogP contribution < -0.4 is 10.1 Å². The first-order valence-corrected chi connectivity index (χ1v) is 11.2. The molecule has 1 aliphatic rings. The highest BCUT2D eigenvalue weighted by molar-refractivity contribution is 6.32. The lowest BCUT2D eigenvalue weighted by Gasteiger charge is -2.35. The number of rotatable bonds is 6. The fourth-order valence-corrected chi connectivity index (χ4v) is 4.51. The van der Waals surface area contributed by atoms with Gasteiger partial charge in [0.25, 0.3) is 5.91 Å². The smallest absolute Gasteiger partial charge is 0.287 e. The molecule has 0 saturated carbocycles. The average Bonchev–Trinajstić information content (AvgIpc) is 3.10. The van der Waals surface area contributed by atoms with E-state index in [0.717, 1.165) is 35.4 Å². The van der Waals surface area contributed by atoms with E-state index in [1.807, 2.05) is 38.1 Å². The van der Waals surface area contributed by atoms with Gasteiger partial charge in [-0.3, -0.25) is 9.69 Å². The summed E-state index contributed by atoms with van der Waals surface area (Å²) in [5, 5.41) is 4.67. The number of piperidine rings is 1. The lowest BCUT2D eigenvalue weighted by molar-refractivity contribution is 0.0898. The molecule has 6 heteroatoms. The van der Waals surface area contributed by atoms with Gasteiger partial charge in [-0.05, 0) is 75.2 Å². The Morgan fingerprint density at radius 1 is 1.16 bits per heavy atom.